The second-order valence-electron chi connectivity index (χ2n) is 7.62. The SMILES string of the molecule is CC(C[CH]C(=O)N[C@H]1CCCN(Cc2ccc3ccccc3n2)CC1=O)C(N)=O. The van der Waals surface area contributed by atoms with Crippen molar-refractivity contribution in [2.24, 2.45) is 11.7 Å². The molecule has 0 aliphatic carbocycles. The van der Waals surface area contributed by atoms with Crippen molar-refractivity contribution in [1.82, 2.24) is 15.2 Å². The number of fused-ring (bicyclic) bond motifs is 1. The molecule has 153 valence electrons. The van der Waals surface area contributed by atoms with Gasteiger partial charge in [-0.15, -0.1) is 0 Å². The Kier molecular flexibility index (Phi) is 6.93. The van der Waals surface area contributed by atoms with E-state index in [1.165, 1.54) is 6.42 Å². The normalized spacial score (nSPS) is 18.9. The summed E-state index contributed by atoms with van der Waals surface area (Å²) in [6, 6.07) is 11.5. The topological polar surface area (TPSA) is 105 Å². The Bertz CT molecular complexity index is 899. The van der Waals surface area contributed by atoms with Crippen LogP contribution in [-0.4, -0.2) is 46.6 Å². The summed E-state index contributed by atoms with van der Waals surface area (Å²) in [5, 5.41) is 3.86. The minimum Gasteiger partial charge on any atom is -0.369 e. The Morgan fingerprint density at radius 1 is 1.31 bits per heavy atom. The van der Waals surface area contributed by atoms with Crippen LogP contribution >= 0.6 is 0 Å². The van der Waals surface area contributed by atoms with Crippen molar-refractivity contribution in [3.8, 4) is 0 Å². The number of nitrogens with zero attached hydrogens (tertiary/aromatic N) is 2. The predicted molar refractivity (Wildman–Crippen MR) is 110 cm³/mol. The summed E-state index contributed by atoms with van der Waals surface area (Å²) in [4.78, 5) is 42.6. The van der Waals surface area contributed by atoms with Gasteiger partial charge in [0.05, 0.1) is 30.2 Å². The van der Waals surface area contributed by atoms with Crippen molar-refractivity contribution in [3.63, 3.8) is 0 Å². The van der Waals surface area contributed by atoms with Crippen molar-refractivity contribution in [2.45, 2.75) is 38.8 Å². The molecule has 3 N–H and O–H groups in total. The number of carbonyl (C=O) groups excluding carboxylic acids is 3. The molecular formula is C22H27N4O3. The molecule has 1 aromatic carbocycles. The standard InChI is InChI=1S/C22H27N4O3/c1-15(22(23)29)8-11-21(28)25-19-7-4-12-26(14-20(19)27)13-17-10-9-16-5-2-3-6-18(16)24-17/h2-3,5-6,9-11,15,19H,4,7-8,12-14H2,1H3,(H2,23,29)(H,25,28)/t15?,19-/m0/s1. The molecule has 7 nitrogen and oxygen atoms in total. The van der Waals surface area contributed by atoms with Crippen molar-refractivity contribution >= 4 is 28.5 Å². The van der Waals surface area contributed by atoms with Crippen LogP contribution in [0.5, 0.6) is 0 Å². The summed E-state index contributed by atoms with van der Waals surface area (Å²) in [6.45, 7) is 3.31. The summed E-state index contributed by atoms with van der Waals surface area (Å²) in [7, 11) is 0. The quantitative estimate of drug-likeness (QED) is 0.741. The molecule has 2 aromatic rings. The van der Waals surface area contributed by atoms with E-state index in [9.17, 15) is 14.4 Å². The Balaban J connectivity index is 1.54. The number of pyridine rings is 1. The molecule has 1 saturated heterocycles. The fourth-order valence-corrected chi connectivity index (χ4v) is 3.43. The molecule has 1 aliphatic heterocycles. The summed E-state index contributed by atoms with van der Waals surface area (Å²) in [6.07, 6.45) is 3.07. The summed E-state index contributed by atoms with van der Waals surface area (Å²) < 4.78 is 0. The first-order valence-corrected chi connectivity index (χ1v) is 9.95. The summed E-state index contributed by atoms with van der Waals surface area (Å²) in [5.74, 6) is -1.19. The number of nitrogens with two attached hydrogens (primary N) is 1. The molecule has 0 spiro atoms. The van der Waals surface area contributed by atoms with Crippen LogP contribution in [0.25, 0.3) is 10.9 Å². The number of benzene rings is 1. The molecule has 1 aliphatic rings. The number of nitrogens with one attached hydrogen (secondary N) is 1. The van der Waals surface area contributed by atoms with Crippen LogP contribution in [0.4, 0.5) is 0 Å². The zero-order valence-electron chi connectivity index (χ0n) is 16.6. The number of rotatable bonds is 7. The van der Waals surface area contributed by atoms with E-state index in [4.69, 9.17) is 5.73 Å². The fraction of sp³-hybridized carbons (Fsp3) is 0.409. The number of hydrogen-bond acceptors (Lipinski definition) is 5. The van der Waals surface area contributed by atoms with Crippen molar-refractivity contribution < 1.29 is 14.4 Å². The Morgan fingerprint density at radius 2 is 2.10 bits per heavy atom. The number of aromatic nitrogens is 1. The first kappa shape index (κ1) is 20.9. The minimum absolute atomic E-state index is 0.00649. The molecule has 0 saturated carbocycles. The first-order chi connectivity index (χ1) is 13.9. The second-order valence-corrected chi connectivity index (χ2v) is 7.62. The van der Waals surface area contributed by atoms with Crippen LogP contribution in [0.15, 0.2) is 36.4 Å². The number of carbonyl (C=O) groups is 3. The third-order valence-corrected chi connectivity index (χ3v) is 5.24. The molecule has 1 fully saturated rings. The number of ketones is 1. The van der Waals surface area contributed by atoms with Crippen LogP contribution in [0.2, 0.25) is 0 Å². The van der Waals surface area contributed by atoms with Gasteiger partial charge in [-0.1, -0.05) is 31.2 Å². The summed E-state index contributed by atoms with van der Waals surface area (Å²) in [5.41, 5.74) is 7.07. The maximum atomic E-state index is 12.6. The molecule has 2 amide bonds. The smallest absolute Gasteiger partial charge is 0.224 e. The Morgan fingerprint density at radius 3 is 2.90 bits per heavy atom. The molecule has 0 bridgehead atoms. The van der Waals surface area contributed by atoms with E-state index in [0.717, 1.165) is 29.6 Å². The maximum absolute atomic E-state index is 12.6. The van der Waals surface area contributed by atoms with Crippen molar-refractivity contribution in [1.29, 1.82) is 0 Å². The molecule has 2 atom stereocenters. The number of para-hydroxylation sites is 1. The third-order valence-electron chi connectivity index (χ3n) is 5.24. The molecule has 29 heavy (non-hydrogen) atoms. The van der Waals surface area contributed by atoms with E-state index in [2.05, 4.69) is 15.2 Å². The lowest BCUT2D eigenvalue weighted by Crippen LogP contribution is -2.43. The van der Waals surface area contributed by atoms with Crippen LogP contribution in [0.1, 0.15) is 31.9 Å². The van der Waals surface area contributed by atoms with E-state index < -0.39 is 17.9 Å². The average Bonchev–Trinajstić information content (AvgIpc) is 2.87. The van der Waals surface area contributed by atoms with Gasteiger partial charge in [0.2, 0.25) is 11.8 Å². The zero-order valence-corrected chi connectivity index (χ0v) is 16.6. The largest absolute Gasteiger partial charge is 0.369 e. The lowest BCUT2D eigenvalue weighted by molar-refractivity contribution is -0.126. The minimum atomic E-state index is -0.503. The first-order valence-electron chi connectivity index (χ1n) is 9.95. The fourth-order valence-electron chi connectivity index (χ4n) is 3.43. The van der Waals surface area contributed by atoms with Gasteiger partial charge < -0.3 is 11.1 Å². The highest BCUT2D eigenvalue weighted by molar-refractivity contribution is 5.93. The molecule has 2 heterocycles. The van der Waals surface area contributed by atoms with E-state index in [0.29, 0.717) is 13.0 Å². The number of likely N-dealkylation sites (tertiary alicyclic amines) is 1. The number of primary amides is 1. The highest BCUT2D eigenvalue weighted by atomic mass is 16.2. The van der Waals surface area contributed by atoms with Crippen molar-refractivity contribution in [3.05, 3.63) is 48.5 Å². The monoisotopic (exact) mass is 395 g/mol. The van der Waals surface area contributed by atoms with Gasteiger partial charge in [0.1, 0.15) is 0 Å². The Hall–Kier alpha value is -2.80. The molecule has 1 unspecified atom stereocenters. The van der Waals surface area contributed by atoms with Crippen LogP contribution in [-0.2, 0) is 20.9 Å². The van der Waals surface area contributed by atoms with E-state index >= 15 is 0 Å². The molecule has 3 rings (SSSR count). The molecular weight excluding hydrogens is 368 g/mol. The van der Waals surface area contributed by atoms with E-state index in [1.807, 2.05) is 36.4 Å². The van der Waals surface area contributed by atoms with E-state index in [1.54, 1.807) is 6.92 Å². The van der Waals surface area contributed by atoms with Gasteiger partial charge in [-0.2, -0.15) is 0 Å². The number of hydrogen-bond donors (Lipinski definition) is 2. The van der Waals surface area contributed by atoms with Gasteiger partial charge in [-0.05, 0) is 37.9 Å². The third kappa shape index (κ3) is 5.84. The lowest BCUT2D eigenvalue weighted by Gasteiger charge is -2.19. The van der Waals surface area contributed by atoms with Gasteiger partial charge in [0.25, 0.3) is 0 Å². The predicted octanol–water partition coefficient (Wildman–Crippen LogP) is 1.60. The molecule has 1 radical (unpaired) electrons. The number of amides is 2. The number of Topliss-reactive ketones (excluding diaryl/α,β-unsaturated/α-hetero) is 1. The van der Waals surface area contributed by atoms with Gasteiger partial charge >= 0.3 is 0 Å². The highest BCUT2D eigenvalue weighted by Gasteiger charge is 2.26. The molecule has 1 aromatic heterocycles. The van der Waals surface area contributed by atoms with Crippen LogP contribution < -0.4 is 11.1 Å². The molecule has 7 heteroatoms. The highest BCUT2D eigenvalue weighted by Crippen LogP contribution is 2.15. The maximum Gasteiger partial charge on any atom is 0.224 e. The van der Waals surface area contributed by atoms with E-state index in [-0.39, 0.29) is 24.7 Å². The van der Waals surface area contributed by atoms with Gasteiger partial charge in [0, 0.05) is 17.8 Å². The van der Waals surface area contributed by atoms with Crippen LogP contribution in [0, 0.1) is 12.3 Å². The van der Waals surface area contributed by atoms with Crippen LogP contribution in [0.3, 0.4) is 0 Å². The average molecular weight is 395 g/mol. The lowest BCUT2D eigenvalue weighted by atomic mass is 10.0. The van der Waals surface area contributed by atoms with Gasteiger partial charge in [-0.3, -0.25) is 24.3 Å². The Labute approximate surface area is 170 Å². The zero-order chi connectivity index (χ0) is 20.8. The second kappa shape index (κ2) is 9.60. The summed E-state index contributed by atoms with van der Waals surface area (Å²) >= 11 is 0. The van der Waals surface area contributed by atoms with Gasteiger partial charge in [0.15, 0.2) is 5.78 Å². The van der Waals surface area contributed by atoms with Gasteiger partial charge in [-0.25, -0.2) is 0 Å². The van der Waals surface area contributed by atoms with Crippen molar-refractivity contribution in [2.75, 3.05) is 13.1 Å².